The maximum absolute atomic E-state index is 12.1. The molecular weight excluding hydrogens is 341 g/mol. The lowest BCUT2D eigenvalue weighted by Gasteiger charge is -2.10. The second-order valence-electron chi connectivity index (χ2n) is 4.80. The van der Waals surface area contributed by atoms with Crippen LogP contribution < -0.4 is 15.4 Å². The molecule has 0 radical (unpaired) electrons. The zero-order valence-corrected chi connectivity index (χ0v) is 12.9. The van der Waals surface area contributed by atoms with Gasteiger partial charge in [0, 0.05) is 21.2 Å². The third kappa shape index (κ3) is 3.96. The number of rotatable bonds is 3. The Morgan fingerprint density at radius 1 is 1.00 bits per heavy atom. The van der Waals surface area contributed by atoms with Crippen molar-refractivity contribution in [3.05, 3.63) is 53.9 Å². The van der Waals surface area contributed by atoms with Crippen molar-refractivity contribution in [2.24, 2.45) is 0 Å². The van der Waals surface area contributed by atoms with Crippen LogP contribution in [0.4, 0.5) is 29.3 Å². The van der Waals surface area contributed by atoms with Gasteiger partial charge in [0.15, 0.2) is 0 Å². The average Bonchev–Trinajstić information content (AvgIpc) is 2.91. The number of carbonyl (C=O) groups is 1. The second kappa shape index (κ2) is 6.40. The number of alkyl halides is 3. The van der Waals surface area contributed by atoms with Crippen molar-refractivity contribution >= 4 is 38.8 Å². The predicted molar refractivity (Wildman–Crippen MR) is 87.6 cm³/mol. The van der Waals surface area contributed by atoms with Crippen LogP contribution in [0.1, 0.15) is 0 Å². The van der Waals surface area contributed by atoms with Gasteiger partial charge >= 0.3 is 12.4 Å². The molecule has 2 N–H and O–H groups in total. The summed E-state index contributed by atoms with van der Waals surface area (Å²) in [4.78, 5) is 12.0. The molecule has 0 aliphatic carbocycles. The molecule has 0 saturated carbocycles. The second-order valence-corrected chi connectivity index (χ2v) is 5.71. The minimum Gasteiger partial charge on any atom is -0.406 e. The SMILES string of the molecule is O=C(Nc1ccc(OC(F)(F)F)cc1)Nc1csc2ccccc12. The lowest BCUT2D eigenvalue weighted by atomic mass is 10.2. The summed E-state index contributed by atoms with van der Waals surface area (Å²) < 4.78 is 41.1. The van der Waals surface area contributed by atoms with Crippen molar-refractivity contribution in [1.29, 1.82) is 0 Å². The van der Waals surface area contributed by atoms with Gasteiger partial charge in [-0.05, 0) is 30.3 Å². The number of amides is 2. The average molecular weight is 352 g/mol. The molecule has 3 aromatic rings. The summed E-state index contributed by atoms with van der Waals surface area (Å²) in [6, 6.07) is 12.0. The first-order chi connectivity index (χ1) is 11.4. The Kier molecular flexibility index (Phi) is 4.30. The maximum Gasteiger partial charge on any atom is 0.573 e. The van der Waals surface area contributed by atoms with Crippen molar-refractivity contribution in [3.8, 4) is 5.75 Å². The van der Waals surface area contributed by atoms with Crippen LogP contribution in [0.25, 0.3) is 10.1 Å². The summed E-state index contributed by atoms with van der Waals surface area (Å²) in [7, 11) is 0. The van der Waals surface area contributed by atoms with Gasteiger partial charge in [0.25, 0.3) is 0 Å². The topological polar surface area (TPSA) is 50.4 Å². The van der Waals surface area contributed by atoms with Gasteiger partial charge in [0.2, 0.25) is 0 Å². The first-order valence-corrected chi connectivity index (χ1v) is 7.69. The lowest BCUT2D eigenvalue weighted by molar-refractivity contribution is -0.274. The molecule has 0 unspecified atom stereocenters. The number of benzene rings is 2. The van der Waals surface area contributed by atoms with Gasteiger partial charge in [0.05, 0.1) is 5.69 Å². The fraction of sp³-hybridized carbons (Fsp3) is 0.0625. The van der Waals surface area contributed by atoms with Gasteiger partial charge in [-0.15, -0.1) is 24.5 Å². The fourth-order valence-electron chi connectivity index (χ4n) is 2.10. The smallest absolute Gasteiger partial charge is 0.406 e. The molecule has 0 saturated heterocycles. The molecule has 2 amide bonds. The Bertz CT molecular complexity index is 860. The number of hydrogen-bond donors (Lipinski definition) is 2. The monoisotopic (exact) mass is 352 g/mol. The van der Waals surface area contributed by atoms with E-state index in [4.69, 9.17) is 0 Å². The number of hydrogen-bond acceptors (Lipinski definition) is 3. The summed E-state index contributed by atoms with van der Waals surface area (Å²) in [5, 5.41) is 8.01. The summed E-state index contributed by atoms with van der Waals surface area (Å²) >= 11 is 1.50. The molecule has 24 heavy (non-hydrogen) atoms. The Hall–Kier alpha value is -2.74. The molecule has 2 aromatic carbocycles. The molecule has 124 valence electrons. The normalized spacial score (nSPS) is 11.3. The summed E-state index contributed by atoms with van der Waals surface area (Å²) in [5.74, 6) is -0.350. The molecule has 1 heterocycles. The Labute approximate surface area is 138 Å². The van der Waals surface area contributed by atoms with Crippen LogP contribution in [0, 0.1) is 0 Å². The van der Waals surface area contributed by atoms with Gasteiger partial charge in [0.1, 0.15) is 5.75 Å². The molecule has 1 aromatic heterocycles. The molecule has 3 rings (SSSR count). The number of fused-ring (bicyclic) bond motifs is 1. The molecule has 8 heteroatoms. The number of halogens is 3. The van der Waals surface area contributed by atoms with E-state index < -0.39 is 12.4 Å². The third-order valence-electron chi connectivity index (χ3n) is 3.07. The van der Waals surface area contributed by atoms with E-state index in [-0.39, 0.29) is 5.75 Å². The van der Waals surface area contributed by atoms with E-state index in [9.17, 15) is 18.0 Å². The van der Waals surface area contributed by atoms with E-state index in [1.54, 1.807) is 0 Å². The first-order valence-electron chi connectivity index (χ1n) is 6.81. The summed E-state index contributed by atoms with van der Waals surface area (Å²) in [6.45, 7) is 0. The van der Waals surface area contributed by atoms with E-state index in [0.717, 1.165) is 22.2 Å². The third-order valence-corrected chi connectivity index (χ3v) is 4.04. The van der Waals surface area contributed by atoms with Crippen molar-refractivity contribution < 1.29 is 22.7 Å². The fourth-order valence-corrected chi connectivity index (χ4v) is 2.99. The van der Waals surface area contributed by atoms with E-state index >= 15 is 0 Å². The number of ether oxygens (including phenoxy) is 1. The Morgan fingerprint density at radius 3 is 2.42 bits per heavy atom. The van der Waals surface area contributed by atoms with Gasteiger partial charge in [-0.3, -0.25) is 0 Å². The van der Waals surface area contributed by atoms with Crippen LogP contribution in [-0.4, -0.2) is 12.4 Å². The minimum absolute atomic E-state index is 0.349. The highest BCUT2D eigenvalue weighted by Gasteiger charge is 2.30. The van der Waals surface area contributed by atoms with Crippen LogP contribution in [0.3, 0.4) is 0 Å². The molecule has 0 bridgehead atoms. The van der Waals surface area contributed by atoms with Gasteiger partial charge in [-0.25, -0.2) is 4.79 Å². The number of anilines is 2. The standard InChI is InChI=1S/C16H11F3N2O2S/c17-16(18,19)23-11-7-5-10(6-8-11)20-15(22)21-13-9-24-14-4-2-1-3-12(13)14/h1-9H,(H2,20,21,22). The largest absolute Gasteiger partial charge is 0.573 e. The molecule has 0 atom stereocenters. The van der Waals surface area contributed by atoms with Crippen molar-refractivity contribution in [1.82, 2.24) is 0 Å². The molecule has 0 spiro atoms. The summed E-state index contributed by atoms with van der Waals surface area (Å²) in [6.07, 6.45) is -4.74. The molecular formula is C16H11F3N2O2S. The van der Waals surface area contributed by atoms with Crippen LogP contribution in [0.5, 0.6) is 5.75 Å². The highest BCUT2D eigenvalue weighted by atomic mass is 32.1. The number of thiophene rings is 1. The van der Waals surface area contributed by atoms with Crippen molar-refractivity contribution in [2.75, 3.05) is 10.6 Å². The molecule has 0 aliphatic heterocycles. The molecule has 4 nitrogen and oxygen atoms in total. The predicted octanol–water partition coefficient (Wildman–Crippen LogP) is 5.44. The Balaban J connectivity index is 1.64. The van der Waals surface area contributed by atoms with Crippen LogP contribution in [0.15, 0.2) is 53.9 Å². The number of carbonyl (C=O) groups excluding carboxylic acids is 1. The van der Waals surface area contributed by atoms with Crippen LogP contribution >= 0.6 is 11.3 Å². The van der Waals surface area contributed by atoms with Gasteiger partial charge in [-0.1, -0.05) is 18.2 Å². The minimum atomic E-state index is -4.74. The Morgan fingerprint density at radius 2 is 1.71 bits per heavy atom. The van der Waals surface area contributed by atoms with Gasteiger partial charge in [-0.2, -0.15) is 0 Å². The molecule has 0 fully saturated rings. The van der Waals surface area contributed by atoms with Crippen molar-refractivity contribution in [2.45, 2.75) is 6.36 Å². The first kappa shape index (κ1) is 16.1. The zero-order chi connectivity index (χ0) is 17.2. The van der Waals surface area contributed by atoms with Gasteiger partial charge < -0.3 is 15.4 Å². The quantitative estimate of drug-likeness (QED) is 0.659. The van der Waals surface area contributed by atoms with E-state index in [1.165, 1.54) is 23.5 Å². The number of nitrogens with one attached hydrogen (secondary N) is 2. The molecule has 0 aliphatic rings. The van der Waals surface area contributed by atoms with Crippen LogP contribution in [0.2, 0.25) is 0 Å². The number of urea groups is 1. The van der Waals surface area contributed by atoms with Crippen molar-refractivity contribution in [3.63, 3.8) is 0 Å². The van der Waals surface area contributed by atoms with E-state index in [2.05, 4.69) is 15.4 Å². The highest BCUT2D eigenvalue weighted by Crippen LogP contribution is 2.30. The van der Waals surface area contributed by atoms with E-state index in [1.807, 2.05) is 29.6 Å². The zero-order valence-electron chi connectivity index (χ0n) is 12.1. The lowest BCUT2D eigenvalue weighted by Crippen LogP contribution is -2.19. The van der Waals surface area contributed by atoms with E-state index in [0.29, 0.717) is 11.4 Å². The highest BCUT2D eigenvalue weighted by molar-refractivity contribution is 7.17. The maximum atomic E-state index is 12.1. The summed E-state index contributed by atoms with van der Waals surface area (Å²) in [5.41, 5.74) is 1.02. The van der Waals surface area contributed by atoms with Crippen LogP contribution in [-0.2, 0) is 0 Å².